The molecule has 0 saturated heterocycles. The fourth-order valence-electron chi connectivity index (χ4n) is 1.81. The van der Waals surface area contributed by atoms with E-state index in [2.05, 4.69) is 20.7 Å². The van der Waals surface area contributed by atoms with Gasteiger partial charge in [-0.15, -0.1) is 0 Å². The van der Waals surface area contributed by atoms with Crippen molar-refractivity contribution in [3.63, 3.8) is 0 Å². The molecule has 2 aromatic rings. The molecule has 0 aliphatic rings. The van der Waals surface area contributed by atoms with E-state index >= 15 is 0 Å². The zero-order valence-corrected chi connectivity index (χ0v) is 12.0. The fourth-order valence-corrected chi connectivity index (χ4v) is 1.81. The molecule has 112 valence electrons. The van der Waals surface area contributed by atoms with Gasteiger partial charge in [0.25, 0.3) is 5.91 Å². The average Bonchev–Trinajstić information content (AvgIpc) is 3.06. The molecule has 1 heterocycles. The predicted molar refractivity (Wildman–Crippen MR) is 73.7 cm³/mol. The third kappa shape index (κ3) is 3.22. The minimum absolute atomic E-state index is 0.217. The highest BCUT2D eigenvalue weighted by Gasteiger charge is 2.14. The molecule has 0 aliphatic heterocycles. The number of hydrogen-bond acceptors (Lipinski definition) is 6. The molecular weight excluding hydrogens is 276 g/mol. The molecule has 0 atom stereocenters. The fraction of sp³-hybridized carbons (Fsp3) is 0.308. The van der Waals surface area contributed by atoms with Crippen LogP contribution < -0.4 is 19.5 Å². The van der Waals surface area contributed by atoms with E-state index in [9.17, 15) is 4.79 Å². The van der Waals surface area contributed by atoms with Crippen LogP contribution in [0.5, 0.6) is 17.2 Å². The van der Waals surface area contributed by atoms with E-state index in [-0.39, 0.29) is 18.1 Å². The summed E-state index contributed by atoms with van der Waals surface area (Å²) in [4.78, 5) is 11.8. The first-order valence-electron chi connectivity index (χ1n) is 6.12. The molecule has 1 aromatic carbocycles. The van der Waals surface area contributed by atoms with Crippen LogP contribution in [0.4, 0.5) is 0 Å². The molecule has 2 N–H and O–H groups in total. The van der Waals surface area contributed by atoms with Crippen LogP contribution in [0.2, 0.25) is 0 Å². The summed E-state index contributed by atoms with van der Waals surface area (Å²) in [5, 5.41) is 12.4. The van der Waals surface area contributed by atoms with Gasteiger partial charge >= 0.3 is 0 Å². The van der Waals surface area contributed by atoms with Gasteiger partial charge in [-0.3, -0.25) is 4.79 Å². The van der Waals surface area contributed by atoms with Crippen molar-refractivity contribution in [1.82, 2.24) is 20.7 Å². The first-order chi connectivity index (χ1) is 10.2. The number of carbonyl (C=O) groups excluding carboxylic acids is 1. The molecule has 0 radical (unpaired) electrons. The van der Waals surface area contributed by atoms with Crippen molar-refractivity contribution >= 4 is 5.91 Å². The van der Waals surface area contributed by atoms with Gasteiger partial charge in [-0.25, -0.2) is 0 Å². The Balaban J connectivity index is 2.17. The molecule has 0 aliphatic carbocycles. The summed E-state index contributed by atoms with van der Waals surface area (Å²) in [7, 11) is 4.63. The molecule has 0 fully saturated rings. The van der Waals surface area contributed by atoms with Gasteiger partial charge in [0, 0.05) is 18.2 Å². The van der Waals surface area contributed by atoms with Gasteiger partial charge in [0.15, 0.2) is 17.2 Å². The molecule has 0 spiro atoms. The van der Waals surface area contributed by atoms with Crippen molar-refractivity contribution in [3.05, 3.63) is 29.6 Å². The Hall–Kier alpha value is -2.77. The monoisotopic (exact) mass is 292 g/mol. The average molecular weight is 292 g/mol. The number of benzene rings is 1. The van der Waals surface area contributed by atoms with E-state index in [1.54, 1.807) is 33.5 Å². The SMILES string of the molecule is COc1cc(OC)c(OC)cc1CNC(=O)c1cn[nH]n1. The lowest BCUT2D eigenvalue weighted by atomic mass is 10.1. The van der Waals surface area contributed by atoms with Crippen molar-refractivity contribution in [2.45, 2.75) is 6.54 Å². The molecule has 0 unspecified atom stereocenters. The molecular formula is C13H16N4O4. The third-order valence-corrected chi connectivity index (χ3v) is 2.87. The second kappa shape index (κ2) is 6.60. The molecule has 1 amide bonds. The number of carbonyl (C=O) groups is 1. The Bertz CT molecular complexity index is 613. The zero-order valence-electron chi connectivity index (χ0n) is 12.0. The molecule has 8 nitrogen and oxygen atoms in total. The Morgan fingerprint density at radius 2 is 1.81 bits per heavy atom. The van der Waals surface area contributed by atoms with Crippen molar-refractivity contribution in [1.29, 1.82) is 0 Å². The standard InChI is InChI=1S/C13H16N4O4/c1-19-10-5-12(21-3)11(20-2)4-8(10)6-14-13(18)9-7-15-17-16-9/h4-5,7H,6H2,1-3H3,(H,14,18)(H,15,16,17). The van der Waals surface area contributed by atoms with Crippen LogP contribution in [0.25, 0.3) is 0 Å². The van der Waals surface area contributed by atoms with Crippen LogP contribution in [0.3, 0.4) is 0 Å². The second-order valence-electron chi connectivity index (χ2n) is 4.06. The number of ether oxygens (including phenoxy) is 3. The van der Waals surface area contributed by atoms with Crippen molar-refractivity contribution in [3.8, 4) is 17.2 Å². The van der Waals surface area contributed by atoms with Crippen LogP contribution in [0.15, 0.2) is 18.3 Å². The highest BCUT2D eigenvalue weighted by Crippen LogP contribution is 2.34. The van der Waals surface area contributed by atoms with Crippen LogP contribution in [0, 0.1) is 0 Å². The smallest absolute Gasteiger partial charge is 0.273 e. The number of hydrogen-bond donors (Lipinski definition) is 2. The predicted octanol–water partition coefficient (Wildman–Crippen LogP) is 0.760. The van der Waals surface area contributed by atoms with Crippen molar-refractivity contribution in [2.24, 2.45) is 0 Å². The normalized spacial score (nSPS) is 10.0. The Kier molecular flexibility index (Phi) is 4.60. The van der Waals surface area contributed by atoms with Crippen molar-refractivity contribution < 1.29 is 19.0 Å². The van der Waals surface area contributed by atoms with Crippen molar-refractivity contribution in [2.75, 3.05) is 21.3 Å². The quantitative estimate of drug-likeness (QED) is 0.815. The maximum atomic E-state index is 11.8. The van der Waals surface area contributed by atoms with Crippen LogP contribution in [-0.2, 0) is 6.54 Å². The molecule has 21 heavy (non-hydrogen) atoms. The number of H-pyrrole nitrogens is 1. The lowest BCUT2D eigenvalue weighted by Gasteiger charge is -2.14. The highest BCUT2D eigenvalue weighted by atomic mass is 16.5. The maximum Gasteiger partial charge on any atom is 0.273 e. The number of nitrogens with zero attached hydrogens (tertiary/aromatic N) is 2. The number of rotatable bonds is 6. The van der Waals surface area contributed by atoms with Gasteiger partial charge in [-0.1, -0.05) is 0 Å². The third-order valence-electron chi connectivity index (χ3n) is 2.87. The summed E-state index contributed by atoms with van der Waals surface area (Å²) in [6.07, 6.45) is 1.35. The van der Waals surface area contributed by atoms with Gasteiger partial charge in [-0.2, -0.15) is 15.4 Å². The van der Waals surface area contributed by atoms with Crippen LogP contribution >= 0.6 is 0 Å². The molecule has 2 rings (SSSR count). The molecule has 8 heteroatoms. The minimum Gasteiger partial charge on any atom is -0.496 e. The topological polar surface area (TPSA) is 98.4 Å². The van der Waals surface area contributed by atoms with Gasteiger partial charge in [0.2, 0.25) is 0 Å². The summed E-state index contributed by atoms with van der Waals surface area (Å²) < 4.78 is 15.7. The summed E-state index contributed by atoms with van der Waals surface area (Å²) in [5.41, 5.74) is 0.974. The van der Waals surface area contributed by atoms with E-state index in [0.717, 1.165) is 5.56 Å². The second-order valence-corrected chi connectivity index (χ2v) is 4.06. The van der Waals surface area contributed by atoms with E-state index in [0.29, 0.717) is 17.2 Å². The number of aromatic nitrogens is 3. The van der Waals surface area contributed by atoms with E-state index < -0.39 is 0 Å². The summed E-state index contributed by atoms with van der Waals surface area (Å²) in [6.45, 7) is 0.259. The highest BCUT2D eigenvalue weighted by molar-refractivity contribution is 5.91. The van der Waals surface area contributed by atoms with E-state index in [1.165, 1.54) is 6.20 Å². The first kappa shape index (κ1) is 14.6. The number of methoxy groups -OCH3 is 3. The number of nitrogens with one attached hydrogen (secondary N) is 2. The summed E-state index contributed by atoms with van der Waals surface area (Å²) in [5.74, 6) is 1.37. The van der Waals surface area contributed by atoms with E-state index in [1.807, 2.05) is 0 Å². The maximum absolute atomic E-state index is 11.8. The van der Waals surface area contributed by atoms with Gasteiger partial charge in [-0.05, 0) is 6.07 Å². The van der Waals surface area contributed by atoms with Gasteiger partial charge in [0.1, 0.15) is 5.75 Å². The molecule has 1 aromatic heterocycles. The van der Waals surface area contributed by atoms with E-state index in [4.69, 9.17) is 14.2 Å². The molecule has 0 bridgehead atoms. The number of aromatic amines is 1. The largest absolute Gasteiger partial charge is 0.496 e. The Labute approximate surface area is 121 Å². The lowest BCUT2D eigenvalue weighted by Crippen LogP contribution is -2.23. The lowest BCUT2D eigenvalue weighted by molar-refractivity contribution is 0.0945. The molecule has 0 saturated carbocycles. The summed E-state index contributed by atoms with van der Waals surface area (Å²) in [6, 6.07) is 3.46. The number of amides is 1. The summed E-state index contributed by atoms with van der Waals surface area (Å²) >= 11 is 0. The van der Waals surface area contributed by atoms with Crippen LogP contribution in [0.1, 0.15) is 16.1 Å². The minimum atomic E-state index is -0.333. The Morgan fingerprint density at radius 1 is 1.14 bits per heavy atom. The van der Waals surface area contributed by atoms with Crippen LogP contribution in [-0.4, -0.2) is 42.6 Å². The van der Waals surface area contributed by atoms with Gasteiger partial charge < -0.3 is 19.5 Å². The zero-order chi connectivity index (χ0) is 15.2. The Morgan fingerprint density at radius 3 is 2.38 bits per heavy atom. The first-order valence-corrected chi connectivity index (χ1v) is 6.12. The van der Waals surface area contributed by atoms with Gasteiger partial charge in [0.05, 0.1) is 27.5 Å².